The van der Waals surface area contributed by atoms with Crippen LogP contribution in [-0.2, 0) is 0 Å². The largest absolute Gasteiger partial charge is 0.451 e. The third-order valence-electron chi connectivity index (χ3n) is 5.41. The monoisotopic (exact) mass is 328 g/mol. The van der Waals surface area contributed by atoms with Crippen molar-refractivity contribution in [3.63, 3.8) is 0 Å². The average Bonchev–Trinajstić information content (AvgIpc) is 3.09. The van der Waals surface area contributed by atoms with Gasteiger partial charge in [-0.05, 0) is 63.0 Å². The number of hydrogen-bond acceptors (Lipinski definition) is 3. The molecule has 2 atom stereocenters. The Labute approximate surface area is 140 Å². The van der Waals surface area contributed by atoms with Crippen LogP contribution >= 0.6 is 0 Å². The Morgan fingerprint density at radius 2 is 2.04 bits per heavy atom. The van der Waals surface area contributed by atoms with Crippen LogP contribution in [-0.4, -0.2) is 36.0 Å². The van der Waals surface area contributed by atoms with Gasteiger partial charge in [0.1, 0.15) is 11.6 Å². The van der Waals surface area contributed by atoms with Gasteiger partial charge in [-0.3, -0.25) is 9.69 Å². The standard InChI is InChI=1S/C19H21FN2O2/c1-12-18(13-7-9-22(12)10-8-13)21-19(23)17-6-5-16(24-17)14-3-2-4-15(20)11-14/h2-6,11-13,18H,7-10H2,1H3,(H,21,23). The van der Waals surface area contributed by atoms with Gasteiger partial charge in [0.05, 0.1) is 0 Å². The maximum absolute atomic E-state index is 13.3. The summed E-state index contributed by atoms with van der Waals surface area (Å²) in [6.45, 7) is 4.43. The number of nitrogens with zero attached hydrogens (tertiary/aromatic N) is 1. The zero-order valence-electron chi connectivity index (χ0n) is 13.7. The Balaban J connectivity index is 1.49. The quantitative estimate of drug-likeness (QED) is 0.940. The molecule has 1 N–H and O–H groups in total. The van der Waals surface area contributed by atoms with Gasteiger partial charge < -0.3 is 9.73 Å². The van der Waals surface area contributed by atoms with Crippen molar-refractivity contribution < 1.29 is 13.6 Å². The van der Waals surface area contributed by atoms with Gasteiger partial charge in [-0.25, -0.2) is 4.39 Å². The van der Waals surface area contributed by atoms with Gasteiger partial charge in [0.2, 0.25) is 0 Å². The van der Waals surface area contributed by atoms with Crippen molar-refractivity contribution in [2.24, 2.45) is 5.92 Å². The van der Waals surface area contributed by atoms with Gasteiger partial charge in [0, 0.05) is 17.6 Å². The molecule has 1 aromatic heterocycles. The van der Waals surface area contributed by atoms with Crippen molar-refractivity contribution in [2.45, 2.75) is 31.8 Å². The van der Waals surface area contributed by atoms with Crippen LogP contribution in [0.25, 0.3) is 11.3 Å². The lowest BCUT2D eigenvalue weighted by molar-refractivity contribution is 0.0211. The van der Waals surface area contributed by atoms with Crippen molar-refractivity contribution in [3.05, 3.63) is 48.0 Å². The van der Waals surface area contributed by atoms with Crippen LogP contribution in [0.3, 0.4) is 0 Å². The van der Waals surface area contributed by atoms with Crippen LogP contribution in [0.1, 0.15) is 30.3 Å². The first-order valence-electron chi connectivity index (χ1n) is 8.52. The molecule has 2 unspecified atom stereocenters. The number of carbonyl (C=O) groups is 1. The minimum absolute atomic E-state index is 0.169. The van der Waals surface area contributed by atoms with E-state index in [1.165, 1.54) is 12.1 Å². The first-order valence-corrected chi connectivity index (χ1v) is 8.52. The summed E-state index contributed by atoms with van der Waals surface area (Å²) in [6.07, 6.45) is 2.28. The van der Waals surface area contributed by atoms with E-state index in [0.29, 0.717) is 23.3 Å². The predicted octanol–water partition coefficient (Wildman–Crippen LogP) is 3.30. The first-order chi connectivity index (χ1) is 11.6. The van der Waals surface area contributed by atoms with Gasteiger partial charge in [-0.15, -0.1) is 0 Å². The molecule has 0 radical (unpaired) electrons. The predicted molar refractivity (Wildman–Crippen MR) is 89.1 cm³/mol. The van der Waals surface area contributed by atoms with Gasteiger partial charge >= 0.3 is 0 Å². The third kappa shape index (κ3) is 2.73. The van der Waals surface area contributed by atoms with E-state index in [1.807, 2.05) is 0 Å². The Bertz CT molecular complexity index is 747. The van der Waals surface area contributed by atoms with Crippen molar-refractivity contribution in [3.8, 4) is 11.3 Å². The van der Waals surface area contributed by atoms with E-state index in [1.54, 1.807) is 24.3 Å². The molecule has 24 heavy (non-hydrogen) atoms. The maximum atomic E-state index is 13.3. The fourth-order valence-corrected chi connectivity index (χ4v) is 4.02. The summed E-state index contributed by atoms with van der Waals surface area (Å²) in [4.78, 5) is 15.0. The second-order valence-corrected chi connectivity index (χ2v) is 6.79. The molecule has 0 spiro atoms. The van der Waals surface area contributed by atoms with Crippen molar-refractivity contribution in [2.75, 3.05) is 13.1 Å². The normalized spacial score (nSPS) is 28.8. The number of amides is 1. The highest BCUT2D eigenvalue weighted by Gasteiger charge is 2.40. The van der Waals surface area contributed by atoms with Crippen molar-refractivity contribution in [1.82, 2.24) is 10.2 Å². The fourth-order valence-electron chi connectivity index (χ4n) is 4.02. The number of nitrogens with one attached hydrogen (secondary N) is 1. The van der Waals surface area contributed by atoms with Crippen LogP contribution in [0.4, 0.5) is 4.39 Å². The highest BCUT2D eigenvalue weighted by molar-refractivity contribution is 5.92. The minimum atomic E-state index is -0.323. The molecule has 2 bridgehead atoms. The summed E-state index contributed by atoms with van der Waals surface area (Å²) in [5.74, 6) is 0.811. The zero-order valence-corrected chi connectivity index (χ0v) is 13.7. The van der Waals surface area contributed by atoms with E-state index in [9.17, 15) is 9.18 Å². The highest BCUT2D eigenvalue weighted by Crippen LogP contribution is 2.32. The maximum Gasteiger partial charge on any atom is 0.287 e. The lowest BCUT2D eigenvalue weighted by Gasteiger charge is -2.49. The number of fused-ring (bicyclic) bond motifs is 3. The molecular formula is C19H21FN2O2. The number of benzene rings is 1. The van der Waals surface area contributed by atoms with Gasteiger partial charge in [0.15, 0.2) is 5.76 Å². The molecule has 3 saturated heterocycles. The fraction of sp³-hybridized carbons (Fsp3) is 0.421. The van der Waals surface area contributed by atoms with Crippen LogP contribution < -0.4 is 5.32 Å². The Morgan fingerprint density at radius 3 is 2.75 bits per heavy atom. The molecule has 3 fully saturated rings. The van der Waals surface area contributed by atoms with Crippen LogP contribution in [0.15, 0.2) is 40.8 Å². The molecule has 5 rings (SSSR count). The Kier molecular flexibility index (Phi) is 3.88. The summed E-state index contributed by atoms with van der Waals surface area (Å²) < 4.78 is 19.0. The second kappa shape index (κ2) is 6.06. The average molecular weight is 328 g/mol. The molecule has 2 aromatic rings. The minimum Gasteiger partial charge on any atom is -0.451 e. The van der Waals surface area contributed by atoms with Crippen molar-refractivity contribution in [1.29, 1.82) is 0 Å². The molecule has 0 aliphatic carbocycles. The number of piperidine rings is 3. The summed E-state index contributed by atoms with van der Waals surface area (Å²) in [6, 6.07) is 10.1. The zero-order chi connectivity index (χ0) is 16.7. The van der Waals surface area contributed by atoms with Gasteiger partial charge in [-0.1, -0.05) is 12.1 Å². The number of rotatable bonds is 3. The van der Waals surface area contributed by atoms with Crippen LogP contribution in [0.5, 0.6) is 0 Å². The summed E-state index contributed by atoms with van der Waals surface area (Å²) in [5.41, 5.74) is 0.630. The molecule has 4 heterocycles. The third-order valence-corrected chi connectivity index (χ3v) is 5.41. The van der Waals surface area contributed by atoms with Gasteiger partial charge in [-0.2, -0.15) is 0 Å². The van der Waals surface area contributed by atoms with Crippen molar-refractivity contribution >= 4 is 5.91 Å². The molecule has 0 saturated carbocycles. The first kappa shape index (κ1) is 15.4. The number of hydrogen-bond donors (Lipinski definition) is 1. The SMILES string of the molecule is CC1C(NC(=O)c2ccc(-c3cccc(F)c3)o2)C2CCN1CC2. The van der Waals surface area contributed by atoms with E-state index >= 15 is 0 Å². The number of carbonyl (C=O) groups excluding carboxylic acids is 1. The molecule has 126 valence electrons. The summed E-state index contributed by atoms with van der Waals surface area (Å²) >= 11 is 0. The second-order valence-electron chi connectivity index (χ2n) is 6.79. The van der Waals surface area contributed by atoms with Crippen LogP contribution in [0, 0.1) is 11.7 Å². The number of halogens is 1. The summed E-state index contributed by atoms with van der Waals surface area (Å²) in [5, 5.41) is 3.14. The lowest BCUT2D eigenvalue weighted by atomic mass is 9.79. The van der Waals surface area contributed by atoms with Gasteiger partial charge in [0.25, 0.3) is 5.91 Å². The van der Waals surface area contributed by atoms with E-state index in [-0.39, 0.29) is 23.5 Å². The number of furan rings is 1. The lowest BCUT2D eigenvalue weighted by Crippen LogP contribution is -2.62. The molecule has 5 heteroatoms. The Hall–Kier alpha value is -2.14. The molecule has 3 aliphatic heterocycles. The van der Waals surface area contributed by atoms with E-state index in [0.717, 1.165) is 25.9 Å². The summed E-state index contributed by atoms with van der Waals surface area (Å²) in [7, 11) is 0. The molecule has 4 nitrogen and oxygen atoms in total. The van der Waals surface area contributed by atoms with E-state index in [4.69, 9.17) is 4.42 Å². The molecule has 3 aliphatic rings. The van der Waals surface area contributed by atoms with E-state index < -0.39 is 0 Å². The van der Waals surface area contributed by atoms with Crippen LogP contribution in [0.2, 0.25) is 0 Å². The van der Waals surface area contributed by atoms with E-state index in [2.05, 4.69) is 17.1 Å². The Morgan fingerprint density at radius 1 is 1.25 bits per heavy atom. The topological polar surface area (TPSA) is 45.5 Å². The molecule has 1 amide bonds. The smallest absolute Gasteiger partial charge is 0.287 e. The molecule has 1 aromatic carbocycles. The highest BCUT2D eigenvalue weighted by atomic mass is 19.1. The molecular weight excluding hydrogens is 307 g/mol.